The van der Waals surface area contributed by atoms with Gasteiger partial charge in [-0.2, -0.15) is 5.10 Å². The third kappa shape index (κ3) is 3.94. The van der Waals surface area contributed by atoms with Gasteiger partial charge < -0.3 is 5.32 Å². The van der Waals surface area contributed by atoms with Crippen molar-refractivity contribution in [1.29, 1.82) is 0 Å². The summed E-state index contributed by atoms with van der Waals surface area (Å²) in [5, 5.41) is 10.3. The molecule has 1 saturated carbocycles. The van der Waals surface area contributed by atoms with Crippen LogP contribution in [0.5, 0.6) is 0 Å². The number of benzene rings is 2. The van der Waals surface area contributed by atoms with E-state index in [1.54, 1.807) is 12.4 Å². The van der Waals surface area contributed by atoms with Crippen molar-refractivity contribution < 1.29 is 9.59 Å². The Kier molecular flexibility index (Phi) is 5.56. The first-order valence-electron chi connectivity index (χ1n) is 13.6. The molecule has 2 aliphatic heterocycles. The summed E-state index contributed by atoms with van der Waals surface area (Å²) in [6.07, 6.45) is 8.43. The number of nitrogens with one attached hydrogen (secondary N) is 1. The van der Waals surface area contributed by atoms with Crippen molar-refractivity contribution >= 4 is 40.0 Å². The molecule has 3 amide bonds. The third-order valence-electron chi connectivity index (χ3n) is 8.71. The Labute approximate surface area is 232 Å². The summed E-state index contributed by atoms with van der Waals surface area (Å²) in [6.45, 7) is 5.44. The van der Waals surface area contributed by atoms with Gasteiger partial charge in [0.15, 0.2) is 0 Å². The maximum Gasteiger partial charge on any atom is 0.329 e. The van der Waals surface area contributed by atoms with Crippen LogP contribution in [0.15, 0.2) is 61.1 Å². The molecule has 1 N–H and O–H groups in total. The molecule has 0 radical (unpaired) electrons. The van der Waals surface area contributed by atoms with Gasteiger partial charge in [-0.1, -0.05) is 61.8 Å². The maximum atomic E-state index is 13.8. The molecule has 2 fully saturated rings. The van der Waals surface area contributed by atoms with Gasteiger partial charge in [0.25, 0.3) is 0 Å². The molecule has 0 bridgehead atoms. The number of carbonyl (C=O) groups is 2. The number of imide groups is 1. The quantitative estimate of drug-likeness (QED) is 0.329. The lowest BCUT2D eigenvalue weighted by Gasteiger charge is -2.43. The molecule has 1 saturated heterocycles. The van der Waals surface area contributed by atoms with Gasteiger partial charge in [-0.05, 0) is 54.2 Å². The van der Waals surface area contributed by atoms with Crippen LogP contribution in [0.1, 0.15) is 50.3 Å². The predicted octanol–water partition coefficient (Wildman–Crippen LogP) is 6.34. The van der Waals surface area contributed by atoms with E-state index in [9.17, 15) is 9.59 Å². The number of aromatic nitrogens is 3. The Hall–Kier alpha value is -3.71. The topological polar surface area (TPSA) is 80.1 Å². The lowest BCUT2D eigenvalue weighted by molar-refractivity contribution is -0.124. The van der Waals surface area contributed by atoms with Crippen LogP contribution in [0.25, 0.3) is 21.9 Å². The van der Waals surface area contributed by atoms with Gasteiger partial charge in [-0.3, -0.25) is 14.5 Å². The molecule has 2 aromatic heterocycles. The monoisotopic (exact) mass is 539 g/mol. The minimum absolute atomic E-state index is 0.124. The summed E-state index contributed by atoms with van der Waals surface area (Å²) in [5.41, 5.74) is 5.30. The van der Waals surface area contributed by atoms with Crippen LogP contribution in [0.2, 0.25) is 5.02 Å². The molecule has 7 rings (SSSR count). The second kappa shape index (κ2) is 8.91. The molecule has 3 atom stereocenters. The number of anilines is 1. The molecule has 3 aliphatic rings. The van der Waals surface area contributed by atoms with Gasteiger partial charge in [0.2, 0.25) is 5.91 Å². The van der Waals surface area contributed by atoms with Crippen LogP contribution >= 0.6 is 11.6 Å². The van der Waals surface area contributed by atoms with Gasteiger partial charge in [-0.15, -0.1) is 0 Å². The number of pyridine rings is 1. The maximum absolute atomic E-state index is 13.8. The Balaban J connectivity index is 1.19. The highest BCUT2D eigenvalue weighted by molar-refractivity contribution is 6.32. The van der Waals surface area contributed by atoms with E-state index in [0.29, 0.717) is 18.5 Å². The van der Waals surface area contributed by atoms with Gasteiger partial charge >= 0.3 is 6.03 Å². The fourth-order valence-corrected chi connectivity index (χ4v) is 7.27. The molecule has 7 nitrogen and oxygen atoms in total. The number of halogens is 1. The Morgan fingerprint density at radius 2 is 1.85 bits per heavy atom. The number of amides is 3. The van der Waals surface area contributed by atoms with Gasteiger partial charge in [-0.25, -0.2) is 9.69 Å². The number of hydrogen-bond donors (Lipinski definition) is 1. The second-order valence-electron chi connectivity index (χ2n) is 11.9. The average molecular weight is 540 g/mol. The molecule has 198 valence electrons. The summed E-state index contributed by atoms with van der Waals surface area (Å²) >= 11 is 6.88. The highest BCUT2D eigenvalue weighted by atomic mass is 35.5. The smallest absolute Gasteiger partial charge is 0.329 e. The van der Waals surface area contributed by atoms with E-state index in [1.165, 1.54) is 10.6 Å². The number of hydrogen-bond acceptors (Lipinski definition) is 4. The minimum atomic E-state index is -0.392. The van der Waals surface area contributed by atoms with Crippen LogP contribution in [0.4, 0.5) is 10.5 Å². The van der Waals surface area contributed by atoms with E-state index < -0.39 is 6.03 Å². The molecule has 39 heavy (non-hydrogen) atoms. The van der Waals surface area contributed by atoms with Crippen LogP contribution in [-0.2, 0) is 17.8 Å². The van der Waals surface area contributed by atoms with Gasteiger partial charge in [0.1, 0.15) is 0 Å². The lowest BCUT2D eigenvalue weighted by Crippen LogP contribution is -2.61. The van der Waals surface area contributed by atoms with Crippen molar-refractivity contribution in [3.63, 3.8) is 0 Å². The largest absolute Gasteiger partial charge is 0.334 e. The number of carbonyl (C=O) groups excluding carboxylic acids is 2. The van der Waals surface area contributed by atoms with Gasteiger partial charge in [0, 0.05) is 45.8 Å². The van der Waals surface area contributed by atoms with Crippen molar-refractivity contribution in [2.24, 2.45) is 11.3 Å². The van der Waals surface area contributed by atoms with Crippen molar-refractivity contribution in [3.05, 3.63) is 77.3 Å². The normalized spacial score (nSPS) is 24.0. The molecular formula is C31H30ClN5O2. The van der Waals surface area contributed by atoms with Crippen LogP contribution in [-0.4, -0.2) is 32.7 Å². The third-order valence-corrected chi connectivity index (χ3v) is 9.04. The molecule has 1 aliphatic carbocycles. The zero-order valence-electron chi connectivity index (χ0n) is 22.0. The highest BCUT2D eigenvalue weighted by Crippen LogP contribution is 2.47. The van der Waals surface area contributed by atoms with E-state index in [2.05, 4.69) is 34.9 Å². The van der Waals surface area contributed by atoms with Crippen molar-refractivity contribution in [1.82, 2.24) is 20.1 Å². The first-order chi connectivity index (χ1) is 18.8. The van der Waals surface area contributed by atoms with E-state index in [0.717, 1.165) is 51.9 Å². The first kappa shape index (κ1) is 24.3. The summed E-state index contributed by atoms with van der Waals surface area (Å²) in [6, 6.07) is 13.1. The molecule has 3 unspecified atom stereocenters. The zero-order chi connectivity index (χ0) is 26.9. The van der Waals surface area contributed by atoms with Crippen LogP contribution < -0.4 is 10.2 Å². The Morgan fingerprint density at radius 3 is 2.72 bits per heavy atom. The zero-order valence-corrected chi connectivity index (χ0v) is 22.8. The molecular weight excluding hydrogens is 510 g/mol. The fraction of sp³-hybridized carbons (Fsp3) is 0.355. The average Bonchev–Trinajstić information content (AvgIpc) is 3.43. The fourth-order valence-electron chi connectivity index (χ4n) is 6.94. The second-order valence-corrected chi connectivity index (χ2v) is 12.3. The van der Waals surface area contributed by atoms with E-state index in [4.69, 9.17) is 16.7 Å². The summed E-state index contributed by atoms with van der Waals surface area (Å²) in [7, 11) is 0. The molecule has 8 heteroatoms. The van der Waals surface area contributed by atoms with Crippen LogP contribution in [0.3, 0.4) is 0 Å². The Morgan fingerprint density at radius 1 is 1.00 bits per heavy atom. The molecule has 4 heterocycles. The van der Waals surface area contributed by atoms with Crippen molar-refractivity contribution in [3.8, 4) is 11.1 Å². The first-order valence-corrected chi connectivity index (χ1v) is 14.0. The minimum Gasteiger partial charge on any atom is -0.334 e. The molecule has 2 aromatic carbocycles. The summed E-state index contributed by atoms with van der Waals surface area (Å²) in [4.78, 5) is 32.7. The van der Waals surface area contributed by atoms with E-state index >= 15 is 0 Å². The molecule has 4 aromatic rings. The van der Waals surface area contributed by atoms with Crippen LogP contribution in [0, 0.1) is 11.3 Å². The summed E-state index contributed by atoms with van der Waals surface area (Å²) in [5.74, 6) is -0.319. The standard InChI is InChI=1S/C31H30ClN5O2/c1-31(2)13-26-23(15-34-36(26)17-31)21-8-5-9-24(32)28(21)18-10-11-22-25(12-18)35-30(39)37(29(22)38)27-16-33-14-19-6-3-4-7-20(19)27/h3-9,14-16,18,22,25H,10-13,17H2,1-2H3,(H,35,39). The number of urea groups is 1. The van der Waals surface area contributed by atoms with E-state index in [1.807, 2.05) is 42.6 Å². The van der Waals surface area contributed by atoms with Crippen molar-refractivity contribution in [2.75, 3.05) is 4.90 Å². The number of nitrogens with zero attached hydrogens (tertiary/aromatic N) is 4. The lowest BCUT2D eigenvalue weighted by atomic mass is 9.72. The number of rotatable bonds is 3. The predicted molar refractivity (Wildman–Crippen MR) is 152 cm³/mol. The summed E-state index contributed by atoms with van der Waals surface area (Å²) < 4.78 is 2.12. The number of fused-ring (bicyclic) bond motifs is 3. The van der Waals surface area contributed by atoms with E-state index in [-0.39, 0.29) is 29.2 Å². The van der Waals surface area contributed by atoms with Gasteiger partial charge in [0.05, 0.1) is 24.0 Å². The SMILES string of the molecule is CC1(C)Cc2c(-c3cccc(Cl)c3C3CCC4C(=O)N(c5cncc6ccccc56)C(=O)NC4C3)cnn2C1. The Bertz CT molecular complexity index is 1640. The van der Waals surface area contributed by atoms with Crippen molar-refractivity contribution in [2.45, 2.75) is 58.0 Å². The molecule has 0 spiro atoms. The highest BCUT2D eigenvalue weighted by Gasteiger charge is 2.46.